The molecule has 3 N–H and O–H groups in total. The van der Waals surface area contributed by atoms with E-state index >= 15 is 0 Å². The molecular weight excluding hydrogens is 328 g/mol. The Morgan fingerprint density at radius 2 is 1.79 bits per heavy atom. The highest BCUT2D eigenvalue weighted by atomic mass is 32.2. The van der Waals surface area contributed by atoms with Crippen LogP contribution >= 0.6 is 0 Å². The van der Waals surface area contributed by atoms with Crippen molar-refractivity contribution in [2.45, 2.75) is 31.1 Å². The van der Waals surface area contributed by atoms with Crippen molar-refractivity contribution in [2.75, 3.05) is 0 Å². The van der Waals surface area contributed by atoms with Gasteiger partial charge in [-0.25, -0.2) is 13.6 Å². The van der Waals surface area contributed by atoms with Crippen molar-refractivity contribution in [3.63, 3.8) is 0 Å². The summed E-state index contributed by atoms with van der Waals surface area (Å²) in [5.74, 6) is -0.271. The van der Waals surface area contributed by atoms with Gasteiger partial charge in [-0.3, -0.25) is 4.79 Å². The van der Waals surface area contributed by atoms with E-state index in [2.05, 4.69) is 5.32 Å². The van der Waals surface area contributed by atoms with Crippen LogP contribution in [0.3, 0.4) is 0 Å². The van der Waals surface area contributed by atoms with E-state index in [1.807, 2.05) is 30.3 Å². The third-order valence-electron chi connectivity index (χ3n) is 3.41. The maximum absolute atomic E-state index is 12.0. The van der Waals surface area contributed by atoms with E-state index in [0.29, 0.717) is 12.2 Å². The molecule has 0 unspecified atom stereocenters. The molecule has 7 heteroatoms. The van der Waals surface area contributed by atoms with Gasteiger partial charge in [-0.15, -0.1) is 0 Å². The third kappa shape index (κ3) is 5.45. The van der Waals surface area contributed by atoms with E-state index in [9.17, 15) is 13.2 Å². The Bertz CT molecular complexity index is 791. The second-order valence-electron chi connectivity index (χ2n) is 5.35. The van der Waals surface area contributed by atoms with Crippen molar-refractivity contribution in [2.24, 2.45) is 5.14 Å². The van der Waals surface area contributed by atoms with E-state index in [-0.39, 0.29) is 17.3 Å². The first kappa shape index (κ1) is 18.1. The van der Waals surface area contributed by atoms with Crippen LogP contribution in [0.2, 0.25) is 0 Å². The summed E-state index contributed by atoms with van der Waals surface area (Å²) in [4.78, 5) is 12.1. The maximum atomic E-state index is 12.0. The Morgan fingerprint density at radius 3 is 2.46 bits per heavy atom. The van der Waals surface area contributed by atoms with Crippen LogP contribution in [0.1, 0.15) is 18.1 Å². The average molecular weight is 348 g/mol. The summed E-state index contributed by atoms with van der Waals surface area (Å²) in [5, 5.41) is 7.80. The van der Waals surface area contributed by atoms with Gasteiger partial charge in [0.25, 0.3) is 0 Å². The van der Waals surface area contributed by atoms with Crippen LogP contribution in [-0.4, -0.2) is 20.4 Å². The van der Waals surface area contributed by atoms with Crippen molar-refractivity contribution in [3.05, 3.63) is 65.7 Å². The molecule has 0 aromatic heterocycles. The molecule has 0 heterocycles. The summed E-state index contributed by atoms with van der Waals surface area (Å²) in [6.07, 6.45) is -0.619. The Labute approximate surface area is 141 Å². The lowest BCUT2D eigenvalue weighted by atomic mass is 10.2. The van der Waals surface area contributed by atoms with Gasteiger partial charge in [0.15, 0.2) is 0 Å². The molecule has 1 atom stereocenters. The monoisotopic (exact) mass is 348 g/mol. The number of sulfonamides is 1. The van der Waals surface area contributed by atoms with Gasteiger partial charge in [-0.1, -0.05) is 42.5 Å². The van der Waals surface area contributed by atoms with Gasteiger partial charge in [0, 0.05) is 6.54 Å². The molecule has 0 aliphatic heterocycles. The number of primary sulfonamides is 1. The smallest absolute Gasteiger partial charge is 0.249 e. The fourth-order valence-corrected chi connectivity index (χ4v) is 2.62. The van der Waals surface area contributed by atoms with Crippen LogP contribution in [-0.2, 0) is 32.7 Å². The number of rotatable bonds is 7. The van der Waals surface area contributed by atoms with E-state index in [1.54, 1.807) is 19.1 Å². The topological polar surface area (TPSA) is 98.5 Å². The van der Waals surface area contributed by atoms with Crippen molar-refractivity contribution in [1.29, 1.82) is 0 Å². The maximum Gasteiger partial charge on any atom is 0.249 e. The zero-order valence-corrected chi connectivity index (χ0v) is 14.1. The molecule has 0 spiro atoms. The number of hydrogen-bond donors (Lipinski definition) is 2. The quantitative estimate of drug-likeness (QED) is 0.793. The van der Waals surface area contributed by atoms with Crippen LogP contribution in [0.15, 0.2) is 59.5 Å². The van der Waals surface area contributed by atoms with E-state index in [1.165, 1.54) is 12.1 Å². The number of carbonyl (C=O) groups is 1. The molecular formula is C17H20N2O4S. The van der Waals surface area contributed by atoms with Crippen LogP contribution in [0.5, 0.6) is 0 Å². The van der Waals surface area contributed by atoms with E-state index < -0.39 is 16.1 Å². The second-order valence-corrected chi connectivity index (χ2v) is 6.91. The first-order valence-corrected chi connectivity index (χ1v) is 8.96. The Morgan fingerprint density at radius 1 is 1.12 bits per heavy atom. The standard InChI is InChI=1S/C17H20N2O4S/c1-13(23-12-14-6-3-2-4-7-14)17(20)19-11-15-8-5-9-16(10-15)24(18,21)22/h2-10,13H,11-12H2,1H3,(H,19,20)(H2,18,21,22)/t13-/m1/s1. The lowest BCUT2D eigenvalue weighted by Crippen LogP contribution is -2.34. The molecule has 0 aliphatic rings. The minimum Gasteiger partial charge on any atom is -0.364 e. The van der Waals surface area contributed by atoms with E-state index in [0.717, 1.165) is 5.56 Å². The molecule has 0 radical (unpaired) electrons. The molecule has 0 aliphatic carbocycles. The summed E-state index contributed by atoms with van der Waals surface area (Å²) in [6, 6.07) is 15.7. The lowest BCUT2D eigenvalue weighted by Gasteiger charge is -2.13. The fourth-order valence-electron chi connectivity index (χ4n) is 2.04. The summed E-state index contributed by atoms with van der Waals surface area (Å²) < 4.78 is 28.2. The van der Waals surface area contributed by atoms with Crippen LogP contribution in [0.4, 0.5) is 0 Å². The zero-order valence-electron chi connectivity index (χ0n) is 13.3. The number of amides is 1. The number of carbonyl (C=O) groups excluding carboxylic acids is 1. The molecule has 24 heavy (non-hydrogen) atoms. The fraction of sp³-hybridized carbons (Fsp3) is 0.235. The normalized spacial score (nSPS) is 12.6. The number of nitrogens with two attached hydrogens (primary N) is 1. The van der Waals surface area contributed by atoms with Crippen molar-refractivity contribution in [3.8, 4) is 0 Å². The number of hydrogen-bond acceptors (Lipinski definition) is 4. The molecule has 2 aromatic carbocycles. The Balaban J connectivity index is 1.86. The minimum atomic E-state index is -3.76. The molecule has 1 amide bonds. The first-order valence-electron chi connectivity index (χ1n) is 7.41. The average Bonchev–Trinajstić information content (AvgIpc) is 2.58. The molecule has 2 rings (SSSR count). The van der Waals surface area contributed by atoms with Gasteiger partial charge >= 0.3 is 0 Å². The van der Waals surface area contributed by atoms with Gasteiger partial charge in [0.1, 0.15) is 6.10 Å². The molecule has 0 saturated carbocycles. The van der Waals surface area contributed by atoms with Gasteiger partial charge in [0.05, 0.1) is 11.5 Å². The van der Waals surface area contributed by atoms with Crippen LogP contribution in [0.25, 0.3) is 0 Å². The van der Waals surface area contributed by atoms with Gasteiger partial charge in [-0.05, 0) is 30.2 Å². The van der Waals surface area contributed by atoms with Crippen LogP contribution in [0, 0.1) is 0 Å². The first-order chi connectivity index (χ1) is 11.4. The molecule has 0 fully saturated rings. The Kier molecular flexibility index (Phi) is 6.08. The number of benzene rings is 2. The zero-order chi connectivity index (χ0) is 17.6. The predicted molar refractivity (Wildman–Crippen MR) is 90.4 cm³/mol. The molecule has 0 bridgehead atoms. The van der Waals surface area contributed by atoms with Crippen molar-refractivity contribution < 1.29 is 17.9 Å². The Hall–Kier alpha value is -2.22. The molecule has 128 valence electrons. The second kappa shape index (κ2) is 8.05. The lowest BCUT2D eigenvalue weighted by molar-refractivity contribution is -0.132. The van der Waals surface area contributed by atoms with Gasteiger partial charge in [0.2, 0.25) is 15.9 Å². The largest absolute Gasteiger partial charge is 0.364 e. The SMILES string of the molecule is C[C@@H](OCc1ccccc1)C(=O)NCc1cccc(S(N)(=O)=O)c1. The summed E-state index contributed by atoms with van der Waals surface area (Å²) in [7, 11) is -3.76. The predicted octanol–water partition coefficient (Wildman–Crippen LogP) is 1.56. The molecule has 0 saturated heterocycles. The highest BCUT2D eigenvalue weighted by Gasteiger charge is 2.14. The van der Waals surface area contributed by atoms with Gasteiger partial charge < -0.3 is 10.1 Å². The molecule has 6 nitrogen and oxygen atoms in total. The van der Waals surface area contributed by atoms with Crippen molar-refractivity contribution >= 4 is 15.9 Å². The highest BCUT2D eigenvalue weighted by Crippen LogP contribution is 2.10. The van der Waals surface area contributed by atoms with Crippen LogP contribution < -0.4 is 10.5 Å². The summed E-state index contributed by atoms with van der Waals surface area (Å²) in [5.41, 5.74) is 1.63. The highest BCUT2D eigenvalue weighted by molar-refractivity contribution is 7.89. The summed E-state index contributed by atoms with van der Waals surface area (Å²) in [6.45, 7) is 2.20. The van der Waals surface area contributed by atoms with Crippen molar-refractivity contribution in [1.82, 2.24) is 5.32 Å². The number of ether oxygens (including phenoxy) is 1. The van der Waals surface area contributed by atoms with Gasteiger partial charge in [-0.2, -0.15) is 0 Å². The summed E-state index contributed by atoms with van der Waals surface area (Å²) >= 11 is 0. The third-order valence-corrected chi connectivity index (χ3v) is 4.32. The van der Waals surface area contributed by atoms with E-state index in [4.69, 9.17) is 9.88 Å². The number of nitrogens with one attached hydrogen (secondary N) is 1. The molecule has 2 aromatic rings. The minimum absolute atomic E-state index is 0.0163.